The van der Waals surface area contributed by atoms with Gasteiger partial charge in [-0.3, -0.25) is 4.79 Å². The fraction of sp³-hybridized carbons (Fsp3) is 0.632. The van der Waals surface area contributed by atoms with E-state index in [1.165, 1.54) is 31.2 Å². The van der Waals surface area contributed by atoms with Gasteiger partial charge < -0.3 is 5.32 Å². The maximum absolute atomic E-state index is 13.0. The van der Waals surface area contributed by atoms with Crippen LogP contribution >= 0.6 is 0 Å². The number of hydrogen-bond acceptors (Lipinski definition) is 1. The second kappa shape index (κ2) is 4.86. The summed E-state index contributed by atoms with van der Waals surface area (Å²) in [4.78, 5) is 13.0. The van der Waals surface area contributed by atoms with E-state index in [9.17, 15) is 4.79 Å². The van der Waals surface area contributed by atoms with Crippen molar-refractivity contribution < 1.29 is 4.79 Å². The fourth-order valence-electron chi connectivity index (χ4n) is 5.37. The molecule has 4 fully saturated rings. The predicted octanol–water partition coefficient (Wildman–Crippen LogP) is 4.54. The van der Waals surface area contributed by atoms with Gasteiger partial charge in [-0.1, -0.05) is 30.5 Å². The number of carbonyl (C=O) groups is 1. The lowest BCUT2D eigenvalue weighted by atomic mass is 9.58. The maximum Gasteiger partial charge on any atom is 0.230 e. The van der Waals surface area contributed by atoms with Gasteiger partial charge in [0.1, 0.15) is 0 Å². The first-order valence-electron chi connectivity index (χ1n) is 8.51. The minimum absolute atomic E-state index is 0.0577. The summed E-state index contributed by atoms with van der Waals surface area (Å²) in [6.45, 7) is 2.08. The van der Waals surface area contributed by atoms with Crippen molar-refractivity contribution >= 4 is 11.6 Å². The third-order valence-corrected chi connectivity index (χ3v) is 6.15. The van der Waals surface area contributed by atoms with Crippen LogP contribution in [-0.2, 0) is 4.79 Å². The van der Waals surface area contributed by atoms with Crippen LogP contribution in [0.1, 0.15) is 50.5 Å². The summed E-state index contributed by atoms with van der Waals surface area (Å²) in [6.07, 6.45) is 8.90. The lowest BCUT2D eigenvalue weighted by Crippen LogP contribution is -2.45. The summed E-state index contributed by atoms with van der Waals surface area (Å²) in [5.41, 5.74) is 2.14. The van der Waals surface area contributed by atoms with E-state index < -0.39 is 0 Å². The summed E-state index contributed by atoms with van der Waals surface area (Å²) >= 11 is 0. The number of carbonyl (C=O) groups excluding carboxylic acids is 1. The van der Waals surface area contributed by atoms with E-state index in [0.717, 1.165) is 42.7 Å². The minimum atomic E-state index is -0.0577. The molecule has 4 bridgehead atoms. The average Bonchev–Trinajstić information content (AvgIpc) is 2.68. The van der Waals surface area contributed by atoms with E-state index in [1.807, 2.05) is 12.1 Å². The maximum atomic E-state index is 13.0. The van der Waals surface area contributed by atoms with E-state index in [1.54, 1.807) is 0 Å². The van der Waals surface area contributed by atoms with Crippen LogP contribution in [0.3, 0.4) is 0 Å². The number of nitrogens with one attached hydrogen (secondary N) is 1. The monoisotopic (exact) mass is 283 g/mol. The number of amides is 1. The molecule has 21 heavy (non-hydrogen) atoms. The lowest BCUT2D eigenvalue weighted by molar-refractivity contribution is -0.132. The van der Waals surface area contributed by atoms with Gasteiger partial charge in [-0.15, -0.1) is 0 Å². The van der Waals surface area contributed by atoms with Gasteiger partial charge in [-0.2, -0.15) is 0 Å². The lowest BCUT2D eigenvalue weighted by Gasteiger charge is -2.47. The van der Waals surface area contributed by atoms with Gasteiger partial charge >= 0.3 is 0 Å². The Morgan fingerprint density at radius 2 is 1.57 bits per heavy atom. The molecule has 0 aliphatic heterocycles. The summed E-state index contributed by atoms with van der Waals surface area (Å²) in [5.74, 6) is 2.72. The molecule has 2 atom stereocenters. The first kappa shape index (κ1) is 13.4. The highest BCUT2D eigenvalue weighted by Crippen LogP contribution is 2.58. The normalized spacial score (nSPS) is 37.3. The molecule has 0 heterocycles. The molecule has 2 heteroatoms. The van der Waals surface area contributed by atoms with Crippen molar-refractivity contribution in [3.8, 4) is 0 Å². The van der Waals surface area contributed by atoms with Gasteiger partial charge in [0, 0.05) is 5.69 Å². The highest BCUT2D eigenvalue weighted by molar-refractivity contribution is 5.95. The number of aryl methyl sites for hydroxylation is 1. The first-order valence-corrected chi connectivity index (χ1v) is 8.51. The number of hydrogen-bond donors (Lipinski definition) is 1. The summed E-state index contributed by atoms with van der Waals surface area (Å²) in [6, 6.07) is 8.20. The van der Waals surface area contributed by atoms with E-state index in [-0.39, 0.29) is 5.41 Å². The van der Waals surface area contributed by atoms with Gasteiger partial charge in [0.2, 0.25) is 5.91 Å². The third-order valence-electron chi connectivity index (χ3n) is 6.15. The van der Waals surface area contributed by atoms with Crippen LogP contribution < -0.4 is 5.32 Å². The third kappa shape index (κ3) is 2.39. The second-order valence-electron chi connectivity index (χ2n) is 7.86. The summed E-state index contributed by atoms with van der Waals surface area (Å²) in [7, 11) is 0. The molecule has 5 rings (SSSR count). The molecule has 0 aromatic heterocycles. The van der Waals surface area contributed by atoms with Crippen molar-refractivity contribution in [3.63, 3.8) is 0 Å². The first-order chi connectivity index (χ1) is 10.1. The molecule has 0 radical (unpaired) electrons. The molecule has 0 spiro atoms. The van der Waals surface area contributed by atoms with Crippen molar-refractivity contribution in [1.29, 1.82) is 0 Å². The molecule has 1 amide bonds. The molecule has 1 aromatic rings. The SMILES string of the molecule is Cc1ccc(NC(=O)C23CC4CCC(CC(C4)C2)C3)cc1. The van der Waals surface area contributed by atoms with Crippen molar-refractivity contribution in [3.05, 3.63) is 29.8 Å². The highest BCUT2D eigenvalue weighted by atomic mass is 16.2. The zero-order chi connectivity index (χ0) is 14.4. The zero-order valence-corrected chi connectivity index (χ0v) is 12.9. The van der Waals surface area contributed by atoms with Crippen LogP contribution in [0.15, 0.2) is 24.3 Å². The molecule has 112 valence electrons. The summed E-state index contributed by atoms with van der Waals surface area (Å²) in [5, 5.41) is 3.22. The largest absolute Gasteiger partial charge is 0.326 e. The van der Waals surface area contributed by atoms with E-state index in [0.29, 0.717) is 5.91 Å². The zero-order valence-electron chi connectivity index (χ0n) is 12.9. The fourth-order valence-corrected chi connectivity index (χ4v) is 5.37. The Balaban J connectivity index is 1.57. The van der Waals surface area contributed by atoms with Crippen LogP contribution in [0.2, 0.25) is 0 Å². The van der Waals surface area contributed by atoms with Crippen LogP contribution in [0, 0.1) is 30.1 Å². The van der Waals surface area contributed by atoms with Crippen LogP contribution in [0.25, 0.3) is 0 Å². The number of benzene rings is 1. The van der Waals surface area contributed by atoms with E-state index >= 15 is 0 Å². The van der Waals surface area contributed by atoms with Crippen molar-refractivity contribution in [2.24, 2.45) is 23.2 Å². The van der Waals surface area contributed by atoms with Crippen molar-refractivity contribution in [2.45, 2.75) is 51.9 Å². The van der Waals surface area contributed by atoms with Crippen LogP contribution in [0.4, 0.5) is 5.69 Å². The highest BCUT2D eigenvalue weighted by Gasteiger charge is 2.52. The molecule has 4 saturated carbocycles. The topological polar surface area (TPSA) is 29.1 Å². The van der Waals surface area contributed by atoms with Crippen molar-refractivity contribution in [1.82, 2.24) is 0 Å². The number of fused-ring (bicyclic) bond motifs is 1. The molecule has 2 nitrogen and oxygen atoms in total. The average molecular weight is 283 g/mol. The van der Waals surface area contributed by atoms with Crippen LogP contribution in [-0.4, -0.2) is 5.91 Å². The van der Waals surface area contributed by atoms with E-state index in [2.05, 4.69) is 24.4 Å². The Hall–Kier alpha value is -1.31. The molecular weight excluding hydrogens is 258 g/mol. The standard InChI is InChI=1S/C19H25NO/c1-13-2-6-17(7-3-13)20-18(21)19-10-14-4-5-15(11-19)9-16(8-14)12-19/h2-3,6-7,14-16H,4-5,8-12H2,1H3,(H,20,21). The molecule has 2 unspecified atom stereocenters. The molecular formula is C19H25NO. The number of rotatable bonds is 2. The molecule has 0 saturated heterocycles. The summed E-state index contributed by atoms with van der Waals surface area (Å²) < 4.78 is 0. The van der Waals surface area contributed by atoms with Gasteiger partial charge in [-0.05, 0) is 68.9 Å². The smallest absolute Gasteiger partial charge is 0.230 e. The minimum Gasteiger partial charge on any atom is -0.326 e. The molecule has 4 aliphatic carbocycles. The number of anilines is 1. The van der Waals surface area contributed by atoms with E-state index in [4.69, 9.17) is 0 Å². The second-order valence-corrected chi connectivity index (χ2v) is 7.86. The Bertz CT molecular complexity index is 531. The van der Waals surface area contributed by atoms with Gasteiger partial charge in [-0.25, -0.2) is 0 Å². The van der Waals surface area contributed by atoms with Gasteiger partial charge in [0.25, 0.3) is 0 Å². The predicted molar refractivity (Wildman–Crippen MR) is 85.0 cm³/mol. The Kier molecular flexibility index (Phi) is 3.09. The van der Waals surface area contributed by atoms with Gasteiger partial charge in [0.05, 0.1) is 5.41 Å². The Morgan fingerprint density at radius 1 is 1.00 bits per heavy atom. The Morgan fingerprint density at radius 3 is 2.19 bits per heavy atom. The molecule has 1 N–H and O–H groups in total. The quantitative estimate of drug-likeness (QED) is 0.848. The van der Waals surface area contributed by atoms with Crippen molar-refractivity contribution in [2.75, 3.05) is 5.32 Å². The van der Waals surface area contributed by atoms with Crippen LogP contribution in [0.5, 0.6) is 0 Å². The van der Waals surface area contributed by atoms with Gasteiger partial charge in [0.15, 0.2) is 0 Å². The Labute approximate surface area is 127 Å². The molecule has 4 aliphatic rings. The molecule has 1 aromatic carbocycles.